The van der Waals surface area contributed by atoms with Gasteiger partial charge in [-0.3, -0.25) is 4.79 Å². The van der Waals surface area contributed by atoms with E-state index >= 15 is 0 Å². The summed E-state index contributed by atoms with van der Waals surface area (Å²) in [5, 5.41) is 5.10. The summed E-state index contributed by atoms with van der Waals surface area (Å²) in [7, 11) is 1.63. The monoisotopic (exact) mass is 357 g/mol. The Hall–Kier alpha value is -1.89. The highest BCUT2D eigenvalue weighted by Crippen LogP contribution is 2.39. The highest BCUT2D eigenvalue weighted by molar-refractivity contribution is 5.85. The van der Waals surface area contributed by atoms with E-state index in [0.29, 0.717) is 13.2 Å². The number of aromatic nitrogens is 1. The third kappa shape index (κ3) is 3.13. The molecule has 3 heterocycles. The SMILES string of the molecule is COCCOCC(=O)N1CCC2(CC1)NCCc1c2[nH]c2ccccc12. The standard InChI is InChI=1S/C20H27N3O3/c1-25-12-13-26-14-18(24)23-10-7-20(8-11-23)19-16(6-9-21-20)15-4-2-3-5-17(15)22-19/h2-5,21-22H,6-14H2,1H3. The molecule has 1 saturated heterocycles. The fourth-order valence-electron chi connectivity index (χ4n) is 4.34. The summed E-state index contributed by atoms with van der Waals surface area (Å²) in [5.41, 5.74) is 3.95. The Balaban J connectivity index is 1.45. The van der Waals surface area contributed by atoms with Gasteiger partial charge in [0.15, 0.2) is 0 Å². The molecule has 0 radical (unpaired) electrons. The van der Waals surface area contributed by atoms with Gasteiger partial charge in [0.1, 0.15) is 6.61 Å². The minimum atomic E-state index is -0.0414. The number of para-hydroxylation sites is 1. The maximum atomic E-state index is 12.4. The molecule has 0 saturated carbocycles. The molecule has 26 heavy (non-hydrogen) atoms. The van der Waals surface area contributed by atoms with Crippen molar-refractivity contribution < 1.29 is 14.3 Å². The Morgan fingerprint density at radius 2 is 2.04 bits per heavy atom. The van der Waals surface area contributed by atoms with E-state index in [9.17, 15) is 4.79 Å². The molecule has 1 aromatic heterocycles. The number of nitrogens with zero attached hydrogens (tertiary/aromatic N) is 1. The van der Waals surface area contributed by atoms with Crippen molar-refractivity contribution in [3.8, 4) is 0 Å². The van der Waals surface area contributed by atoms with E-state index in [-0.39, 0.29) is 18.1 Å². The number of H-pyrrole nitrogens is 1. The van der Waals surface area contributed by atoms with E-state index in [1.165, 1.54) is 22.2 Å². The minimum absolute atomic E-state index is 0.0414. The van der Waals surface area contributed by atoms with Crippen LogP contribution in [0.25, 0.3) is 10.9 Å². The molecule has 0 bridgehead atoms. The van der Waals surface area contributed by atoms with Crippen LogP contribution < -0.4 is 5.32 Å². The van der Waals surface area contributed by atoms with Crippen LogP contribution in [-0.2, 0) is 26.2 Å². The van der Waals surface area contributed by atoms with Crippen LogP contribution in [0.4, 0.5) is 0 Å². The van der Waals surface area contributed by atoms with Crippen LogP contribution in [0.15, 0.2) is 24.3 Å². The summed E-state index contributed by atoms with van der Waals surface area (Å²) in [6.45, 7) is 3.62. The zero-order valence-corrected chi connectivity index (χ0v) is 15.3. The number of benzene rings is 1. The summed E-state index contributed by atoms with van der Waals surface area (Å²) in [6.07, 6.45) is 2.91. The Labute approximate surface area is 153 Å². The summed E-state index contributed by atoms with van der Waals surface area (Å²) >= 11 is 0. The number of carbonyl (C=O) groups excluding carboxylic acids is 1. The van der Waals surface area contributed by atoms with Crippen LogP contribution in [0.1, 0.15) is 24.1 Å². The molecule has 0 unspecified atom stereocenters. The van der Waals surface area contributed by atoms with Gasteiger partial charge in [0.2, 0.25) is 5.91 Å². The predicted octanol–water partition coefficient (Wildman–Crippen LogP) is 1.79. The zero-order valence-electron chi connectivity index (χ0n) is 15.3. The molecular formula is C20H27N3O3. The van der Waals surface area contributed by atoms with Crippen LogP contribution in [0.3, 0.4) is 0 Å². The molecule has 2 aliphatic rings. The number of piperidine rings is 1. The van der Waals surface area contributed by atoms with Gasteiger partial charge in [0.05, 0.1) is 18.8 Å². The lowest BCUT2D eigenvalue weighted by atomic mass is 9.79. The number of likely N-dealkylation sites (tertiary alicyclic amines) is 1. The van der Waals surface area contributed by atoms with Crippen molar-refractivity contribution in [2.45, 2.75) is 24.8 Å². The maximum Gasteiger partial charge on any atom is 0.248 e. The van der Waals surface area contributed by atoms with Crippen LogP contribution in [-0.4, -0.2) is 62.4 Å². The molecular weight excluding hydrogens is 330 g/mol. The molecule has 2 aromatic rings. The van der Waals surface area contributed by atoms with Crippen molar-refractivity contribution in [2.24, 2.45) is 0 Å². The van der Waals surface area contributed by atoms with Crippen molar-refractivity contribution in [2.75, 3.05) is 46.6 Å². The predicted molar refractivity (Wildman–Crippen MR) is 100 cm³/mol. The minimum Gasteiger partial charge on any atom is -0.382 e. The normalized spacial score (nSPS) is 19.0. The highest BCUT2D eigenvalue weighted by Gasteiger charge is 2.41. The molecule has 4 rings (SSSR count). The number of nitrogens with one attached hydrogen (secondary N) is 2. The van der Waals surface area contributed by atoms with Gasteiger partial charge in [0, 0.05) is 43.3 Å². The van der Waals surface area contributed by atoms with Crippen molar-refractivity contribution in [1.82, 2.24) is 15.2 Å². The van der Waals surface area contributed by atoms with E-state index < -0.39 is 0 Å². The average Bonchev–Trinajstić information content (AvgIpc) is 3.06. The lowest BCUT2D eigenvalue weighted by molar-refractivity contribution is -0.138. The molecule has 1 spiro atoms. The Morgan fingerprint density at radius 3 is 2.85 bits per heavy atom. The number of methoxy groups -OCH3 is 1. The number of hydrogen-bond acceptors (Lipinski definition) is 4. The zero-order chi connectivity index (χ0) is 18.0. The molecule has 6 nitrogen and oxygen atoms in total. The third-order valence-corrected chi connectivity index (χ3v) is 5.76. The molecule has 2 N–H and O–H groups in total. The van der Waals surface area contributed by atoms with E-state index in [2.05, 4.69) is 34.6 Å². The molecule has 2 aliphatic heterocycles. The molecule has 1 fully saturated rings. The molecule has 6 heteroatoms. The van der Waals surface area contributed by atoms with Crippen LogP contribution in [0.5, 0.6) is 0 Å². The van der Waals surface area contributed by atoms with Crippen LogP contribution in [0, 0.1) is 0 Å². The van der Waals surface area contributed by atoms with Gasteiger partial charge in [-0.15, -0.1) is 0 Å². The van der Waals surface area contributed by atoms with Gasteiger partial charge in [-0.05, 0) is 30.9 Å². The quantitative estimate of drug-likeness (QED) is 0.801. The molecule has 0 atom stereocenters. The topological polar surface area (TPSA) is 66.6 Å². The second-order valence-corrected chi connectivity index (χ2v) is 7.21. The largest absolute Gasteiger partial charge is 0.382 e. The van der Waals surface area contributed by atoms with Crippen LogP contribution >= 0.6 is 0 Å². The van der Waals surface area contributed by atoms with Crippen molar-refractivity contribution in [3.05, 3.63) is 35.5 Å². The first-order valence-corrected chi connectivity index (χ1v) is 9.43. The van der Waals surface area contributed by atoms with E-state index in [4.69, 9.17) is 9.47 Å². The fourth-order valence-corrected chi connectivity index (χ4v) is 4.34. The number of carbonyl (C=O) groups is 1. The van der Waals surface area contributed by atoms with E-state index in [1.807, 2.05) is 4.90 Å². The number of aromatic amines is 1. The first-order valence-electron chi connectivity index (χ1n) is 9.43. The summed E-state index contributed by atoms with van der Waals surface area (Å²) in [5.74, 6) is 0.0728. The lowest BCUT2D eigenvalue weighted by Crippen LogP contribution is -2.55. The highest BCUT2D eigenvalue weighted by atomic mass is 16.5. The number of ether oxygens (including phenoxy) is 2. The maximum absolute atomic E-state index is 12.4. The van der Waals surface area contributed by atoms with Crippen molar-refractivity contribution in [1.29, 1.82) is 0 Å². The van der Waals surface area contributed by atoms with Gasteiger partial charge in [-0.1, -0.05) is 18.2 Å². The molecule has 1 amide bonds. The van der Waals surface area contributed by atoms with Gasteiger partial charge < -0.3 is 24.7 Å². The second-order valence-electron chi connectivity index (χ2n) is 7.21. The Morgan fingerprint density at radius 1 is 1.23 bits per heavy atom. The molecule has 0 aliphatic carbocycles. The Kier molecular flexibility index (Phi) is 4.98. The summed E-state index contributed by atoms with van der Waals surface area (Å²) < 4.78 is 10.3. The number of hydrogen-bond donors (Lipinski definition) is 2. The van der Waals surface area contributed by atoms with E-state index in [0.717, 1.165) is 38.9 Å². The average molecular weight is 357 g/mol. The van der Waals surface area contributed by atoms with Crippen molar-refractivity contribution >= 4 is 16.8 Å². The smallest absolute Gasteiger partial charge is 0.248 e. The van der Waals surface area contributed by atoms with Gasteiger partial charge in [-0.25, -0.2) is 0 Å². The fraction of sp³-hybridized carbons (Fsp3) is 0.550. The first-order chi connectivity index (χ1) is 12.7. The third-order valence-electron chi connectivity index (χ3n) is 5.76. The lowest BCUT2D eigenvalue weighted by Gasteiger charge is -2.44. The number of rotatable bonds is 5. The van der Waals surface area contributed by atoms with Crippen LogP contribution in [0.2, 0.25) is 0 Å². The molecule has 140 valence electrons. The Bertz CT molecular complexity index is 778. The van der Waals surface area contributed by atoms with Gasteiger partial charge in [-0.2, -0.15) is 0 Å². The summed E-state index contributed by atoms with van der Waals surface area (Å²) in [4.78, 5) is 17.9. The number of fused-ring (bicyclic) bond motifs is 4. The van der Waals surface area contributed by atoms with Gasteiger partial charge >= 0.3 is 0 Å². The van der Waals surface area contributed by atoms with Crippen molar-refractivity contribution in [3.63, 3.8) is 0 Å². The molecule has 1 aromatic carbocycles. The first kappa shape index (κ1) is 17.5. The number of amides is 1. The second kappa shape index (κ2) is 7.39. The van der Waals surface area contributed by atoms with Gasteiger partial charge in [0.25, 0.3) is 0 Å². The van der Waals surface area contributed by atoms with E-state index in [1.54, 1.807) is 7.11 Å². The summed E-state index contributed by atoms with van der Waals surface area (Å²) in [6, 6.07) is 8.54.